The van der Waals surface area contributed by atoms with Crippen molar-refractivity contribution >= 4 is 32.4 Å². The number of piperidine rings is 1. The van der Waals surface area contributed by atoms with Crippen molar-refractivity contribution in [1.29, 1.82) is 0 Å². The number of aromatic nitrogens is 2. The third kappa shape index (κ3) is 5.17. The van der Waals surface area contributed by atoms with E-state index in [1.807, 2.05) is 6.07 Å². The highest BCUT2D eigenvalue weighted by molar-refractivity contribution is 7.89. The van der Waals surface area contributed by atoms with Crippen molar-refractivity contribution in [1.82, 2.24) is 14.3 Å². The molecule has 7 nitrogen and oxygen atoms in total. The molecule has 1 aliphatic rings. The fraction of sp³-hybridized carbons (Fsp3) is 0.318. The van der Waals surface area contributed by atoms with E-state index in [0.29, 0.717) is 31.1 Å². The first kappa shape index (κ1) is 21.6. The van der Waals surface area contributed by atoms with Gasteiger partial charge in [0.25, 0.3) is 0 Å². The van der Waals surface area contributed by atoms with Crippen molar-refractivity contribution in [3.05, 3.63) is 71.0 Å². The summed E-state index contributed by atoms with van der Waals surface area (Å²) in [7, 11) is -3.57. The average Bonchev–Trinajstić information content (AvgIpc) is 3.21. The molecule has 2 aromatic heterocycles. The Balaban J connectivity index is 1.32. The van der Waals surface area contributed by atoms with Gasteiger partial charge >= 0.3 is 0 Å². The SMILES string of the molecule is Cc1cccc(Cc2cnc(NC(=O)C3CCN(S(=O)(=O)c4cccnc4)CC3)s2)c1. The van der Waals surface area contributed by atoms with E-state index < -0.39 is 10.0 Å². The van der Waals surface area contributed by atoms with Crippen LogP contribution < -0.4 is 5.32 Å². The first-order chi connectivity index (χ1) is 14.9. The summed E-state index contributed by atoms with van der Waals surface area (Å²) in [6.45, 7) is 2.69. The number of rotatable bonds is 6. The maximum atomic E-state index is 12.7. The molecule has 1 fully saturated rings. The molecular formula is C22H24N4O3S2. The lowest BCUT2D eigenvalue weighted by Crippen LogP contribution is -2.41. The van der Waals surface area contributed by atoms with Crippen molar-refractivity contribution in [2.24, 2.45) is 5.92 Å². The second-order valence-corrected chi connectivity index (χ2v) is 10.7. The third-order valence-corrected chi connectivity index (χ3v) is 8.14. The quantitative estimate of drug-likeness (QED) is 0.613. The summed E-state index contributed by atoms with van der Waals surface area (Å²) in [4.78, 5) is 22.2. The number of pyridine rings is 1. The monoisotopic (exact) mass is 456 g/mol. The Labute approximate surface area is 186 Å². The van der Waals surface area contributed by atoms with Gasteiger partial charge in [0, 0.05) is 48.9 Å². The molecule has 1 N–H and O–H groups in total. The Morgan fingerprint density at radius 1 is 1.19 bits per heavy atom. The number of nitrogens with one attached hydrogen (secondary N) is 1. The molecule has 9 heteroatoms. The van der Waals surface area contributed by atoms with Crippen molar-refractivity contribution in [2.45, 2.75) is 31.1 Å². The summed E-state index contributed by atoms with van der Waals surface area (Å²) in [5.41, 5.74) is 2.43. The summed E-state index contributed by atoms with van der Waals surface area (Å²) < 4.78 is 26.8. The van der Waals surface area contributed by atoms with Gasteiger partial charge in [0.15, 0.2) is 5.13 Å². The van der Waals surface area contributed by atoms with Crippen molar-refractivity contribution in [2.75, 3.05) is 18.4 Å². The first-order valence-corrected chi connectivity index (χ1v) is 12.4. The van der Waals surface area contributed by atoms with Gasteiger partial charge < -0.3 is 5.32 Å². The van der Waals surface area contributed by atoms with Crippen LogP contribution in [-0.2, 0) is 21.2 Å². The lowest BCUT2D eigenvalue weighted by atomic mass is 9.97. The molecule has 0 atom stereocenters. The summed E-state index contributed by atoms with van der Waals surface area (Å²) in [6, 6.07) is 11.5. The number of nitrogens with zero attached hydrogens (tertiary/aromatic N) is 3. The molecule has 1 amide bonds. The molecule has 31 heavy (non-hydrogen) atoms. The second-order valence-electron chi connectivity index (χ2n) is 7.65. The number of sulfonamides is 1. The molecule has 1 saturated heterocycles. The van der Waals surface area contributed by atoms with E-state index in [4.69, 9.17) is 0 Å². The topological polar surface area (TPSA) is 92.3 Å². The Kier molecular flexibility index (Phi) is 6.45. The standard InChI is InChI=1S/C22H24N4O3S2/c1-16-4-2-5-17(12-16)13-19-14-24-22(30-19)25-21(27)18-7-10-26(11-8-18)31(28,29)20-6-3-9-23-15-20/h2-6,9,12,14-15,18H,7-8,10-11,13H2,1H3,(H,24,25,27). The van der Waals surface area contributed by atoms with Gasteiger partial charge in [0.05, 0.1) is 0 Å². The van der Waals surface area contributed by atoms with Gasteiger partial charge in [-0.05, 0) is 37.5 Å². The van der Waals surface area contributed by atoms with E-state index in [1.165, 1.54) is 39.0 Å². The minimum Gasteiger partial charge on any atom is -0.302 e. The minimum atomic E-state index is -3.57. The third-order valence-electron chi connectivity index (χ3n) is 5.34. The number of anilines is 1. The predicted molar refractivity (Wildman–Crippen MR) is 120 cm³/mol. The van der Waals surface area contributed by atoms with Crippen molar-refractivity contribution in [3.8, 4) is 0 Å². The van der Waals surface area contributed by atoms with Gasteiger partial charge in [0.1, 0.15) is 4.90 Å². The Morgan fingerprint density at radius 3 is 2.71 bits per heavy atom. The molecule has 1 aromatic carbocycles. The maximum absolute atomic E-state index is 12.7. The molecule has 0 bridgehead atoms. The molecule has 3 aromatic rings. The highest BCUT2D eigenvalue weighted by atomic mass is 32.2. The molecule has 1 aliphatic heterocycles. The summed E-state index contributed by atoms with van der Waals surface area (Å²) >= 11 is 1.47. The first-order valence-electron chi connectivity index (χ1n) is 10.1. The average molecular weight is 457 g/mol. The van der Waals surface area contributed by atoms with Crippen LogP contribution in [0.3, 0.4) is 0 Å². The highest BCUT2D eigenvalue weighted by Gasteiger charge is 2.32. The van der Waals surface area contributed by atoms with Crippen LogP contribution in [0.5, 0.6) is 0 Å². The molecule has 0 saturated carbocycles. The lowest BCUT2D eigenvalue weighted by Gasteiger charge is -2.30. The van der Waals surface area contributed by atoms with E-state index in [-0.39, 0.29) is 16.7 Å². The van der Waals surface area contributed by atoms with Crippen LogP contribution in [0, 0.1) is 12.8 Å². The predicted octanol–water partition coefficient (Wildman–Crippen LogP) is 3.48. The van der Waals surface area contributed by atoms with Gasteiger partial charge in [-0.3, -0.25) is 9.78 Å². The van der Waals surface area contributed by atoms with E-state index in [0.717, 1.165) is 11.3 Å². The Bertz CT molecular complexity index is 1150. The van der Waals surface area contributed by atoms with Crippen LogP contribution in [0.25, 0.3) is 0 Å². The lowest BCUT2D eigenvalue weighted by molar-refractivity contribution is -0.120. The van der Waals surface area contributed by atoms with Gasteiger partial charge in [-0.1, -0.05) is 29.8 Å². The van der Waals surface area contributed by atoms with Crippen LogP contribution in [0.1, 0.15) is 28.8 Å². The van der Waals surface area contributed by atoms with Crippen molar-refractivity contribution < 1.29 is 13.2 Å². The van der Waals surface area contributed by atoms with E-state index in [1.54, 1.807) is 18.5 Å². The number of aryl methyl sites for hydroxylation is 1. The van der Waals surface area contributed by atoms with Crippen LogP contribution in [-0.4, -0.2) is 41.7 Å². The van der Waals surface area contributed by atoms with Crippen molar-refractivity contribution in [3.63, 3.8) is 0 Å². The zero-order valence-electron chi connectivity index (χ0n) is 17.2. The van der Waals surface area contributed by atoms with E-state index in [2.05, 4.69) is 40.4 Å². The number of hydrogen-bond acceptors (Lipinski definition) is 6. The molecular weight excluding hydrogens is 432 g/mol. The molecule has 0 unspecified atom stereocenters. The molecule has 4 rings (SSSR count). The summed E-state index contributed by atoms with van der Waals surface area (Å²) in [6.07, 6.45) is 6.43. The zero-order valence-corrected chi connectivity index (χ0v) is 18.8. The van der Waals surface area contributed by atoms with Crippen LogP contribution in [0.4, 0.5) is 5.13 Å². The number of benzene rings is 1. The smallest absolute Gasteiger partial charge is 0.244 e. The Hall–Kier alpha value is -2.62. The normalized spacial score (nSPS) is 15.6. The number of carbonyl (C=O) groups excluding carboxylic acids is 1. The maximum Gasteiger partial charge on any atom is 0.244 e. The minimum absolute atomic E-state index is 0.102. The molecule has 0 radical (unpaired) electrons. The molecule has 0 spiro atoms. The zero-order chi connectivity index (χ0) is 21.8. The largest absolute Gasteiger partial charge is 0.302 e. The fourth-order valence-electron chi connectivity index (χ4n) is 3.68. The van der Waals surface area contributed by atoms with Crippen LogP contribution >= 0.6 is 11.3 Å². The van der Waals surface area contributed by atoms with E-state index in [9.17, 15) is 13.2 Å². The Morgan fingerprint density at radius 2 is 2.00 bits per heavy atom. The fourth-order valence-corrected chi connectivity index (χ4v) is 5.97. The van der Waals surface area contributed by atoms with Gasteiger partial charge in [-0.2, -0.15) is 4.31 Å². The molecule has 162 valence electrons. The summed E-state index contributed by atoms with van der Waals surface area (Å²) in [5.74, 6) is -0.334. The number of thiazole rings is 1. The highest BCUT2D eigenvalue weighted by Crippen LogP contribution is 2.26. The van der Waals surface area contributed by atoms with E-state index >= 15 is 0 Å². The molecule has 3 heterocycles. The number of amides is 1. The van der Waals surface area contributed by atoms with Gasteiger partial charge in [0.2, 0.25) is 15.9 Å². The molecule has 0 aliphatic carbocycles. The van der Waals surface area contributed by atoms with Gasteiger partial charge in [-0.25, -0.2) is 13.4 Å². The number of hydrogen-bond donors (Lipinski definition) is 1. The number of carbonyl (C=O) groups is 1. The summed E-state index contributed by atoms with van der Waals surface area (Å²) in [5, 5.41) is 3.49. The van der Waals surface area contributed by atoms with Gasteiger partial charge in [-0.15, -0.1) is 11.3 Å². The van der Waals surface area contributed by atoms with Crippen LogP contribution in [0.2, 0.25) is 0 Å². The second kappa shape index (κ2) is 9.25. The van der Waals surface area contributed by atoms with Crippen LogP contribution in [0.15, 0.2) is 59.9 Å².